The van der Waals surface area contributed by atoms with Crippen LogP contribution in [0.2, 0.25) is 10.0 Å². The standard InChI is InChI=1S/C22H22Cl2N6O2/c23-15-8-16(24)10-17(9-15)28-21-20(25)22(27-12-26-21)30-5-3-29(4-6-30)11-14-1-2-18-19(7-14)32-13-31-18/h1-2,7-10,12H,3-6,11,13,25H2,(H,26,27,28). The first-order chi connectivity index (χ1) is 15.5. The van der Waals surface area contributed by atoms with Crippen molar-refractivity contribution in [1.82, 2.24) is 14.9 Å². The number of halogens is 2. The maximum absolute atomic E-state index is 6.41. The predicted molar refractivity (Wildman–Crippen MR) is 126 cm³/mol. The Balaban J connectivity index is 1.24. The highest BCUT2D eigenvalue weighted by molar-refractivity contribution is 6.35. The molecular weight excluding hydrogens is 451 g/mol. The highest BCUT2D eigenvalue weighted by Crippen LogP contribution is 2.34. The Morgan fingerprint density at radius 2 is 1.69 bits per heavy atom. The molecule has 5 rings (SSSR count). The van der Waals surface area contributed by atoms with Crippen LogP contribution in [0.1, 0.15) is 5.56 Å². The Morgan fingerprint density at radius 1 is 0.938 bits per heavy atom. The molecule has 10 heteroatoms. The van der Waals surface area contributed by atoms with Crippen LogP contribution in [0, 0.1) is 0 Å². The number of nitrogens with two attached hydrogens (primary N) is 1. The first-order valence-corrected chi connectivity index (χ1v) is 11.0. The van der Waals surface area contributed by atoms with Crippen LogP contribution in [0.4, 0.5) is 23.0 Å². The molecule has 3 N–H and O–H groups in total. The molecule has 1 saturated heterocycles. The number of aromatic nitrogens is 2. The molecule has 0 aliphatic carbocycles. The lowest BCUT2D eigenvalue weighted by atomic mass is 10.1. The fourth-order valence-corrected chi connectivity index (χ4v) is 4.44. The molecule has 2 aliphatic rings. The summed E-state index contributed by atoms with van der Waals surface area (Å²) in [5.74, 6) is 2.87. The Hall–Kier alpha value is -2.94. The maximum Gasteiger partial charge on any atom is 0.231 e. The number of rotatable bonds is 5. The van der Waals surface area contributed by atoms with E-state index in [1.807, 2.05) is 6.07 Å². The number of piperazine rings is 1. The third-order valence-corrected chi connectivity index (χ3v) is 5.94. The van der Waals surface area contributed by atoms with Crippen molar-refractivity contribution in [2.24, 2.45) is 0 Å². The van der Waals surface area contributed by atoms with E-state index in [1.165, 1.54) is 11.9 Å². The lowest BCUT2D eigenvalue weighted by molar-refractivity contribution is 0.174. The molecule has 3 aromatic rings. The summed E-state index contributed by atoms with van der Waals surface area (Å²) in [6, 6.07) is 11.3. The summed E-state index contributed by atoms with van der Waals surface area (Å²) in [6.45, 7) is 4.56. The van der Waals surface area contributed by atoms with Crippen molar-refractivity contribution >= 4 is 46.2 Å². The second-order valence-corrected chi connectivity index (χ2v) is 8.57. The Labute approximate surface area is 195 Å². The van der Waals surface area contributed by atoms with E-state index in [9.17, 15) is 0 Å². The fraction of sp³-hybridized carbons (Fsp3) is 0.273. The number of anilines is 4. The van der Waals surface area contributed by atoms with Crippen molar-refractivity contribution in [3.63, 3.8) is 0 Å². The lowest BCUT2D eigenvalue weighted by Crippen LogP contribution is -2.46. The van der Waals surface area contributed by atoms with Crippen molar-refractivity contribution in [2.75, 3.05) is 48.9 Å². The van der Waals surface area contributed by atoms with Gasteiger partial charge in [-0.3, -0.25) is 4.90 Å². The number of nitrogens with one attached hydrogen (secondary N) is 1. The summed E-state index contributed by atoms with van der Waals surface area (Å²) in [7, 11) is 0. The molecule has 2 aromatic carbocycles. The van der Waals surface area contributed by atoms with Crippen molar-refractivity contribution in [3.05, 3.63) is 58.3 Å². The van der Waals surface area contributed by atoms with Crippen LogP contribution in [0.5, 0.6) is 11.5 Å². The summed E-state index contributed by atoms with van der Waals surface area (Å²) in [6.07, 6.45) is 1.51. The van der Waals surface area contributed by atoms with Gasteiger partial charge in [0.05, 0.1) is 0 Å². The van der Waals surface area contributed by atoms with Gasteiger partial charge in [0.15, 0.2) is 23.1 Å². The minimum absolute atomic E-state index is 0.291. The van der Waals surface area contributed by atoms with E-state index in [2.05, 4.69) is 37.2 Å². The van der Waals surface area contributed by atoms with Gasteiger partial charge in [-0.2, -0.15) is 0 Å². The highest BCUT2D eigenvalue weighted by Gasteiger charge is 2.22. The second-order valence-electron chi connectivity index (χ2n) is 7.69. The average molecular weight is 473 g/mol. The second kappa shape index (κ2) is 8.90. The Kier molecular flexibility index (Phi) is 5.82. The van der Waals surface area contributed by atoms with Crippen molar-refractivity contribution in [3.8, 4) is 11.5 Å². The van der Waals surface area contributed by atoms with Gasteiger partial charge in [-0.05, 0) is 35.9 Å². The van der Waals surface area contributed by atoms with Crippen LogP contribution in [-0.2, 0) is 6.54 Å². The van der Waals surface area contributed by atoms with Gasteiger partial charge in [-0.15, -0.1) is 0 Å². The van der Waals surface area contributed by atoms with Gasteiger partial charge in [0.25, 0.3) is 0 Å². The zero-order valence-electron chi connectivity index (χ0n) is 17.2. The van der Waals surface area contributed by atoms with E-state index in [4.69, 9.17) is 38.4 Å². The molecule has 166 valence electrons. The summed E-state index contributed by atoms with van der Waals surface area (Å²) in [4.78, 5) is 13.3. The minimum Gasteiger partial charge on any atom is -0.454 e. The number of hydrogen-bond acceptors (Lipinski definition) is 8. The third-order valence-electron chi connectivity index (χ3n) is 5.50. The van der Waals surface area contributed by atoms with Gasteiger partial charge >= 0.3 is 0 Å². The SMILES string of the molecule is Nc1c(Nc2cc(Cl)cc(Cl)c2)ncnc1N1CCN(Cc2ccc3c(c2)OCO3)CC1. The molecule has 0 atom stereocenters. The maximum atomic E-state index is 6.41. The van der Waals surface area contributed by atoms with E-state index >= 15 is 0 Å². The average Bonchev–Trinajstić information content (AvgIpc) is 3.23. The number of benzene rings is 2. The van der Waals surface area contributed by atoms with Crippen LogP contribution in [0.3, 0.4) is 0 Å². The van der Waals surface area contributed by atoms with E-state index in [1.54, 1.807) is 18.2 Å². The summed E-state index contributed by atoms with van der Waals surface area (Å²) in [5, 5.41) is 4.26. The molecule has 0 bridgehead atoms. The number of ether oxygens (including phenoxy) is 2. The topological polar surface area (TPSA) is 88.8 Å². The number of nitrogens with zero attached hydrogens (tertiary/aromatic N) is 4. The van der Waals surface area contributed by atoms with Crippen LogP contribution in [-0.4, -0.2) is 47.8 Å². The molecule has 32 heavy (non-hydrogen) atoms. The Bertz CT molecular complexity index is 1120. The molecule has 8 nitrogen and oxygen atoms in total. The molecule has 0 amide bonds. The molecule has 0 saturated carbocycles. The Morgan fingerprint density at radius 3 is 2.47 bits per heavy atom. The van der Waals surface area contributed by atoms with Gasteiger partial charge < -0.3 is 25.4 Å². The van der Waals surface area contributed by atoms with E-state index < -0.39 is 0 Å². The zero-order chi connectivity index (χ0) is 22.1. The van der Waals surface area contributed by atoms with Gasteiger partial charge in [0.2, 0.25) is 6.79 Å². The molecule has 0 radical (unpaired) electrons. The van der Waals surface area contributed by atoms with Gasteiger partial charge in [-0.1, -0.05) is 29.3 Å². The molecule has 0 unspecified atom stereocenters. The van der Waals surface area contributed by atoms with Crippen LogP contribution >= 0.6 is 23.2 Å². The van der Waals surface area contributed by atoms with Crippen molar-refractivity contribution < 1.29 is 9.47 Å². The van der Waals surface area contributed by atoms with Gasteiger partial charge in [0, 0.05) is 48.5 Å². The van der Waals surface area contributed by atoms with Crippen molar-refractivity contribution in [2.45, 2.75) is 6.54 Å². The first kappa shape index (κ1) is 20.9. The molecule has 1 fully saturated rings. The lowest BCUT2D eigenvalue weighted by Gasteiger charge is -2.36. The predicted octanol–water partition coefficient (Wildman–Crippen LogP) is 4.16. The van der Waals surface area contributed by atoms with Crippen LogP contribution in [0.25, 0.3) is 0 Å². The molecule has 0 spiro atoms. The third kappa shape index (κ3) is 4.48. The summed E-state index contributed by atoms with van der Waals surface area (Å²) < 4.78 is 10.9. The number of hydrogen-bond donors (Lipinski definition) is 2. The smallest absolute Gasteiger partial charge is 0.231 e. The highest BCUT2D eigenvalue weighted by atomic mass is 35.5. The largest absolute Gasteiger partial charge is 0.454 e. The molecule has 2 aliphatic heterocycles. The quantitative estimate of drug-likeness (QED) is 0.571. The minimum atomic E-state index is 0.291. The number of nitrogen functional groups attached to an aromatic ring is 1. The van der Waals surface area contributed by atoms with E-state index in [-0.39, 0.29) is 0 Å². The first-order valence-electron chi connectivity index (χ1n) is 10.2. The monoisotopic (exact) mass is 472 g/mol. The van der Waals surface area contributed by atoms with Gasteiger partial charge in [0.1, 0.15) is 12.0 Å². The fourth-order valence-electron chi connectivity index (χ4n) is 3.92. The van der Waals surface area contributed by atoms with E-state index in [0.29, 0.717) is 34.0 Å². The molecule has 1 aromatic heterocycles. The summed E-state index contributed by atoms with van der Waals surface area (Å²) in [5.41, 5.74) is 8.83. The van der Waals surface area contributed by atoms with Crippen LogP contribution < -0.4 is 25.4 Å². The molecular formula is C22H22Cl2N6O2. The normalized spacial score (nSPS) is 15.8. The van der Waals surface area contributed by atoms with Crippen LogP contribution in [0.15, 0.2) is 42.7 Å². The molecule has 3 heterocycles. The zero-order valence-corrected chi connectivity index (χ0v) is 18.7. The summed E-state index contributed by atoms with van der Waals surface area (Å²) >= 11 is 12.2. The van der Waals surface area contributed by atoms with E-state index in [0.717, 1.165) is 50.0 Å². The van der Waals surface area contributed by atoms with Gasteiger partial charge in [-0.25, -0.2) is 9.97 Å². The van der Waals surface area contributed by atoms with Crippen molar-refractivity contribution in [1.29, 1.82) is 0 Å². The number of fused-ring (bicyclic) bond motifs is 1.